The fourth-order valence-corrected chi connectivity index (χ4v) is 3.77. The first-order valence-corrected chi connectivity index (χ1v) is 11.2. The van der Waals surface area contributed by atoms with Crippen LogP contribution in [0.5, 0.6) is 5.75 Å². The highest BCUT2D eigenvalue weighted by molar-refractivity contribution is 5.99. The van der Waals surface area contributed by atoms with Gasteiger partial charge < -0.3 is 30.7 Å². The number of nitrogens with one attached hydrogen (secondary N) is 3. The van der Waals surface area contributed by atoms with Crippen LogP contribution in [0.2, 0.25) is 0 Å². The molecule has 0 aromatic carbocycles. The van der Waals surface area contributed by atoms with E-state index in [1.165, 1.54) is 0 Å². The highest BCUT2D eigenvalue weighted by atomic mass is 19.1. The number of halogens is 1. The summed E-state index contributed by atoms with van der Waals surface area (Å²) in [5.74, 6) is 0.833. The van der Waals surface area contributed by atoms with Gasteiger partial charge in [0.2, 0.25) is 5.95 Å². The molecule has 4 N–H and O–H groups in total. The van der Waals surface area contributed by atoms with Gasteiger partial charge in [-0.15, -0.1) is 0 Å². The molecule has 3 aromatic heterocycles. The Morgan fingerprint density at radius 1 is 1.11 bits per heavy atom. The Hall–Kier alpha value is -4.06. The molecule has 3 aromatic rings. The average Bonchev–Trinajstić information content (AvgIpc) is 2.83. The lowest BCUT2D eigenvalue weighted by molar-refractivity contribution is -0.129. The first-order chi connectivity index (χ1) is 16.8. The number of anilines is 6. The molecule has 5 rings (SSSR count). The Morgan fingerprint density at radius 3 is 2.66 bits per heavy atom. The summed E-state index contributed by atoms with van der Waals surface area (Å²) in [4.78, 5) is 31.2. The Balaban J connectivity index is 1.28. The molecule has 0 radical (unpaired) electrons. The van der Waals surface area contributed by atoms with Gasteiger partial charge in [0.1, 0.15) is 11.6 Å². The Kier molecular flexibility index (Phi) is 5.81. The van der Waals surface area contributed by atoms with E-state index in [0.29, 0.717) is 11.4 Å². The number of fused-ring (bicyclic) bond motifs is 1. The van der Waals surface area contributed by atoms with E-state index >= 15 is 0 Å². The molecule has 35 heavy (non-hydrogen) atoms. The predicted molar refractivity (Wildman–Crippen MR) is 128 cm³/mol. The molecular weight excluding hydrogens is 455 g/mol. The SMILES string of the molecule is CC1(C)Oc2ccc(Nc3nc(Nc4ccc(N5CCC(O)CC5)nc4)ncc3F)nc2NC1=O. The standard InChI is InChI=1S/C23H25FN8O3/c1-23(2)21(34)30-20-16(35-23)4-5-17(29-20)28-19-15(24)12-26-22(31-19)27-13-3-6-18(25-11-13)32-9-7-14(33)8-10-32/h3-6,11-12,14,33H,7-10H2,1-2H3,(H3,26,27,28,29,30,31,34). The van der Waals surface area contributed by atoms with Gasteiger partial charge in [0.05, 0.1) is 24.2 Å². The molecule has 0 bridgehead atoms. The summed E-state index contributed by atoms with van der Waals surface area (Å²) in [5, 5.41) is 18.2. The summed E-state index contributed by atoms with van der Waals surface area (Å²) >= 11 is 0. The molecule has 2 aliphatic heterocycles. The smallest absolute Gasteiger partial charge is 0.269 e. The lowest BCUT2D eigenvalue weighted by atomic mass is 10.1. The number of rotatable bonds is 5. The van der Waals surface area contributed by atoms with E-state index in [1.807, 2.05) is 12.1 Å². The van der Waals surface area contributed by atoms with Crippen LogP contribution in [-0.2, 0) is 4.79 Å². The second-order valence-corrected chi connectivity index (χ2v) is 8.87. The number of nitrogens with zero attached hydrogens (tertiary/aromatic N) is 5. The van der Waals surface area contributed by atoms with Crippen LogP contribution < -0.4 is 25.6 Å². The molecule has 1 saturated heterocycles. The quantitative estimate of drug-likeness (QED) is 0.431. The lowest BCUT2D eigenvalue weighted by Crippen LogP contribution is -2.46. The van der Waals surface area contributed by atoms with E-state index in [-0.39, 0.29) is 35.4 Å². The number of piperidine rings is 1. The number of hydrogen-bond acceptors (Lipinski definition) is 10. The third kappa shape index (κ3) is 4.92. The molecule has 12 heteroatoms. The summed E-state index contributed by atoms with van der Waals surface area (Å²) < 4.78 is 20.1. The zero-order valence-electron chi connectivity index (χ0n) is 19.2. The number of ether oxygens (including phenoxy) is 1. The minimum atomic E-state index is -1.01. The van der Waals surface area contributed by atoms with E-state index in [0.717, 1.165) is 37.9 Å². The minimum Gasteiger partial charge on any atom is -0.474 e. The van der Waals surface area contributed by atoms with E-state index in [2.05, 4.69) is 40.8 Å². The van der Waals surface area contributed by atoms with Crippen LogP contribution in [0.1, 0.15) is 26.7 Å². The van der Waals surface area contributed by atoms with Crippen LogP contribution in [0.3, 0.4) is 0 Å². The normalized spacial score (nSPS) is 17.3. The number of carbonyl (C=O) groups excluding carboxylic acids is 1. The van der Waals surface area contributed by atoms with Crippen molar-refractivity contribution < 1.29 is 19.0 Å². The van der Waals surface area contributed by atoms with Crippen molar-refractivity contribution in [3.63, 3.8) is 0 Å². The molecule has 1 fully saturated rings. The van der Waals surface area contributed by atoms with Crippen molar-refractivity contribution in [3.8, 4) is 5.75 Å². The van der Waals surface area contributed by atoms with Gasteiger partial charge in [-0.2, -0.15) is 4.98 Å². The van der Waals surface area contributed by atoms with Gasteiger partial charge in [0, 0.05) is 13.1 Å². The van der Waals surface area contributed by atoms with Gasteiger partial charge in [0.15, 0.2) is 28.8 Å². The molecule has 11 nitrogen and oxygen atoms in total. The summed E-state index contributed by atoms with van der Waals surface area (Å²) in [5.41, 5.74) is -0.371. The second kappa shape index (κ2) is 8.95. The monoisotopic (exact) mass is 480 g/mol. The number of amides is 1. The third-order valence-electron chi connectivity index (χ3n) is 5.79. The Labute approximate surface area is 200 Å². The third-order valence-corrected chi connectivity index (χ3v) is 5.79. The van der Waals surface area contributed by atoms with Crippen LogP contribution in [0.4, 0.5) is 39.3 Å². The zero-order chi connectivity index (χ0) is 24.6. The van der Waals surface area contributed by atoms with E-state index < -0.39 is 11.4 Å². The highest BCUT2D eigenvalue weighted by Crippen LogP contribution is 2.33. The van der Waals surface area contributed by atoms with Crippen molar-refractivity contribution in [2.45, 2.75) is 38.4 Å². The van der Waals surface area contributed by atoms with Gasteiger partial charge >= 0.3 is 0 Å². The average molecular weight is 481 g/mol. The number of aliphatic hydroxyl groups excluding tert-OH is 1. The molecule has 1 amide bonds. The van der Waals surface area contributed by atoms with Crippen molar-refractivity contribution in [1.29, 1.82) is 0 Å². The Morgan fingerprint density at radius 2 is 1.91 bits per heavy atom. The van der Waals surface area contributed by atoms with Crippen molar-refractivity contribution in [2.75, 3.05) is 33.9 Å². The van der Waals surface area contributed by atoms with Gasteiger partial charge in [-0.25, -0.2) is 19.3 Å². The van der Waals surface area contributed by atoms with E-state index in [4.69, 9.17) is 4.74 Å². The Bertz CT molecular complexity index is 1250. The van der Waals surface area contributed by atoms with Crippen LogP contribution in [0.25, 0.3) is 0 Å². The molecule has 0 atom stereocenters. The van der Waals surface area contributed by atoms with E-state index in [9.17, 15) is 14.3 Å². The van der Waals surface area contributed by atoms with Gasteiger partial charge in [-0.3, -0.25) is 4.79 Å². The fraction of sp³-hybridized carbons (Fsp3) is 0.348. The molecular formula is C23H25FN8O3. The van der Waals surface area contributed by atoms with Crippen molar-refractivity contribution in [1.82, 2.24) is 19.9 Å². The molecule has 5 heterocycles. The highest BCUT2D eigenvalue weighted by Gasteiger charge is 2.36. The maximum Gasteiger partial charge on any atom is 0.269 e. The van der Waals surface area contributed by atoms with Crippen molar-refractivity contribution in [2.24, 2.45) is 0 Å². The topological polar surface area (TPSA) is 137 Å². The number of aromatic nitrogens is 4. The minimum absolute atomic E-state index is 0.0882. The maximum absolute atomic E-state index is 14.4. The predicted octanol–water partition coefficient (Wildman–Crippen LogP) is 2.96. The molecule has 0 unspecified atom stereocenters. The largest absolute Gasteiger partial charge is 0.474 e. The van der Waals surface area contributed by atoms with Crippen molar-refractivity contribution >= 4 is 40.8 Å². The van der Waals surface area contributed by atoms with Gasteiger partial charge in [0.25, 0.3) is 5.91 Å². The summed E-state index contributed by atoms with van der Waals surface area (Å²) in [7, 11) is 0. The molecule has 0 saturated carbocycles. The number of aliphatic hydroxyl groups is 1. The van der Waals surface area contributed by atoms with Crippen LogP contribution in [0, 0.1) is 5.82 Å². The number of hydrogen-bond donors (Lipinski definition) is 4. The molecule has 0 aliphatic carbocycles. The van der Waals surface area contributed by atoms with E-state index in [1.54, 1.807) is 32.2 Å². The molecule has 182 valence electrons. The molecule has 2 aliphatic rings. The summed E-state index contributed by atoms with van der Waals surface area (Å²) in [6, 6.07) is 6.95. The summed E-state index contributed by atoms with van der Waals surface area (Å²) in [6.45, 7) is 4.82. The number of pyridine rings is 2. The zero-order valence-corrected chi connectivity index (χ0v) is 19.2. The first kappa shape index (κ1) is 22.7. The maximum atomic E-state index is 14.4. The number of carbonyl (C=O) groups is 1. The van der Waals surface area contributed by atoms with Crippen LogP contribution in [-0.4, -0.2) is 55.7 Å². The van der Waals surface area contributed by atoms with Gasteiger partial charge in [-0.05, 0) is 51.0 Å². The molecule has 0 spiro atoms. The second-order valence-electron chi connectivity index (χ2n) is 8.87. The van der Waals surface area contributed by atoms with Gasteiger partial charge in [-0.1, -0.05) is 0 Å². The van der Waals surface area contributed by atoms with Crippen LogP contribution in [0.15, 0.2) is 36.7 Å². The van der Waals surface area contributed by atoms with Crippen molar-refractivity contribution in [3.05, 3.63) is 42.5 Å². The van der Waals surface area contributed by atoms with Crippen LogP contribution >= 0.6 is 0 Å². The lowest BCUT2D eigenvalue weighted by Gasteiger charge is -2.30. The first-order valence-electron chi connectivity index (χ1n) is 11.2. The fourth-order valence-electron chi connectivity index (χ4n) is 3.77. The summed E-state index contributed by atoms with van der Waals surface area (Å²) in [6.07, 6.45) is 3.88.